The molecule has 2 amide bonds. The summed E-state index contributed by atoms with van der Waals surface area (Å²) in [4.78, 5) is 38.7. The van der Waals surface area contributed by atoms with Gasteiger partial charge in [0.2, 0.25) is 5.91 Å². The zero-order chi connectivity index (χ0) is 17.3. The number of rotatable bonds is 6. The molecule has 24 heavy (non-hydrogen) atoms. The fourth-order valence-electron chi connectivity index (χ4n) is 2.89. The number of fused-ring (bicyclic) bond motifs is 1. The monoisotopic (exact) mass is 332 g/mol. The van der Waals surface area contributed by atoms with Crippen molar-refractivity contribution in [1.29, 1.82) is 0 Å². The highest BCUT2D eigenvalue weighted by molar-refractivity contribution is 6.00. The Labute approximate surface area is 139 Å². The number of hydrogen-bond acceptors (Lipinski definition) is 4. The lowest BCUT2D eigenvalue weighted by molar-refractivity contribution is -0.144. The molecule has 7 heteroatoms. The maximum absolute atomic E-state index is 12.4. The Balaban J connectivity index is 1.70. The molecule has 1 aliphatic carbocycles. The molecule has 1 saturated carbocycles. The van der Waals surface area contributed by atoms with Crippen molar-refractivity contribution in [2.45, 2.75) is 38.3 Å². The minimum atomic E-state index is -1.02. The number of anilines is 1. The first-order valence-electron chi connectivity index (χ1n) is 8.05. The molecule has 1 aliphatic heterocycles. The van der Waals surface area contributed by atoms with Crippen LogP contribution >= 0.6 is 0 Å². The summed E-state index contributed by atoms with van der Waals surface area (Å²) in [5.41, 5.74) is 0.643. The Morgan fingerprint density at radius 3 is 2.71 bits per heavy atom. The van der Waals surface area contributed by atoms with E-state index in [1.54, 1.807) is 30.0 Å². The van der Waals surface area contributed by atoms with E-state index < -0.39 is 12.1 Å². The van der Waals surface area contributed by atoms with Crippen LogP contribution in [0, 0.1) is 0 Å². The summed E-state index contributed by atoms with van der Waals surface area (Å²) in [5.74, 6) is -0.833. The fraction of sp³-hybridized carbons (Fsp3) is 0.471. The summed E-state index contributed by atoms with van der Waals surface area (Å²) in [6.45, 7) is 1.60. The van der Waals surface area contributed by atoms with Crippen molar-refractivity contribution in [3.05, 3.63) is 24.3 Å². The Morgan fingerprint density at radius 2 is 2.04 bits per heavy atom. The van der Waals surface area contributed by atoms with E-state index in [1.165, 1.54) is 4.90 Å². The number of aliphatic carboxylic acids is 1. The van der Waals surface area contributed by atoms with Gasteiger partial charge in [-0.05, 0) is 31.9 Å². The number of amides is 2. The SMILES string of the molecule is CC1Oc2ccccc2N(CCC(=O)N(CC(=O)O)C2CC2)C1=O. The molecule has 7 nitrogen and oxygen atoms in total. The molecule has 0 bridgehead atoms. The van der Waals surface area contributed by atoms with E-state index in [0.717, 1.165) is 12.8 Å². The van der Waals surface area contributed by atoms with Crippen molar-refractivity contribution < 1.29 is 24.2 Å². The lowest BCUT2D eigenvalue weighted by Crippen LogP contribution is -2.46. The van der Waals surface area contributed by atoms with Crippen molar-refractivity contribution in [2.75, 3.05) is 18.0 Å². The average molecular weight is 332 g/mol. The number of nitrogens with zero attached hydrogens (tertiary/aromatic N) is 2. The van der Waals surface area contributed by atoms with Crippen LogP contribution < -0.4 is 9.64 Å². The van der Waals surface area contributed by atoms with Gasteiger partial charge in [0.05, 0.1) is 5.69 Å². The number of carbonyl (C=O) groups excluding carboxylic acids is 2. The van der Waals surface area contributed by atoms with Crippen LogP contribution in [0.2, 0.25) is 0 Å². The Morgan fingerprint density at radius 1 is 1.33 bits per heavy atom. The predicted octanol–water partition coefficient (Wildman–Crippen LogP) is 1.27. The van der Waals surface area contributed by atoms with Crippen molar-refractivity contribution >= 4 is 23.5 Å². The van der Waals surface area contributed by atoms with Gasteiger partial charge in [0.15, 0.2) is 6.10 Å². The summed E-state index contributed by atoms with van der Waals surface area (Å²) >= 11 is 0. The fourth-order valence-corrected chi connectivity index (χ4v) is 2.89. The zero-order valence-corrected chi connectivity index (χ0v) is 13.5. The zero-order valence-electron chi connectivity index (χ0n) is 13.5. The van der Waals surface area contributed by atoms with Crippen LogP contribution in [0.1, 0.15) is 26.2 Å². The van der Waals surface area contributed by atoms with Gasteiger partial charge in [-0.3, -0.25) is 14.4 Å². The molecule has 0 spiro atoms. The molecule has 0 aromatic heterocycles. The van der Waals surface area contributed by atoms with E-state index in [-0.39, 0.29) is 37.4 Å². The van der Waals surface area contributed by atoms with Crippen LogP contribution in [0.3, 0.4) is 0 Å². The van der Waals surface area contributed by atoms with Crippen LogP contribution in [-0.4, -0.2) is 53.0 Å². The standard InChI is InChI=1S/C17H20N2O5/c1-11-17(23)18(13-4-2-3-5-14(13)24-11)9-8-15(20)19(10-16(21)22)12-6-7-12/h2-5,11-12H,6-10H2,1H3,(H,21,22). The molecule has 1 fully saturated rings. The number of hydrogen-bond donors (Lipinski definition) is 1. The number of para-hydroxylation sites is 2. The molecule has 1 atom stereocenters. The van der Waals surface area contributed by atoms with Crippen molar-refractivity contribution in [1.82, 2.24) is 4.90 Å². The van der Waals surface area contributed by atoms with Crippen molar-refractivity contribution in [3.8, 4) is 5.75 Å². The van der Waals surface area contributed by atoms with Crippen molar-refractivity contribution in [3.63, 3.8) is 0 Å². The number of carboxylic acids is 1. The molecule has 1 heterocycles. The second kappa shape index (κ2) is 6.51. The number of ether oxygens (including phenoxy) is 1. The first-order valence-corrected chi connectivity index (χ1v) is 8.05. The van der Waals surface area contributed by atoms with Crippen LogP contribution in [0.5, 0.6) is 5.75 Å². The highest BCUT2D eigenvalue weighted by atomic mass is 16.5. The van der Waals surface area contributed by atoms with Gasteiger partial charge in [-0.15, -0.1) is 0 Å². The molecule has 3 rings (SSSR count). The van der Waals surface area contributed by atoms with Gasteiger partial charge in [0.25, 0.3) is 5.91 Å². The van der Waals surface area contributed by atoms with Gasteiger partial charge in [-0.2, -0.15) is 0 Å². The highest BCUT2D eigenvalue weighted by Crippen LogP contribution is 2.34. The third-order valence-electron chi connectivity index (χ3n) is 4.24. The minimum absolute atomic E-state index is 0.0280. The van der Waals surface area contributed by atoms with Gasteiger partial charge in [0, 0.05) is 19.0 Å². The average Bonchev–Trinajstić information content (AvgIpc) is 3.37. The van der Waals surface area contributed by atoms with Crippen LogP contribution in [0.4, 0.5) is 5.69 Å². The Kier molecular flexibility index (Phi) is 4.42. The van der Waals surface area contributed by atoms with Crippen LogP contribution in [0.25, 0.3) is 0 Å². The summed E-state index contributed by atoms with van der Waals surface area (Å²) in [6, 6.07) is 7.22. The Bertz CT molecular complexity index is 671. The van der Waals surface area contributed by atoms with Crippen LogP contribution in [-0.2, 0) is 14.4 Å². The largest absolute Gasteiger partial charge is 0.480 e. The third kappa shape index (κ3) is 3.34. The van der Waals surface area contributed by atoms with E-state index in [9.17, 15) is 14.4 Å². The summed E-state index contributed by atoms with van der Waals surface area (Å²) in [6.07, 6.45) is 1.18. The minimum Gasteiger partial charge on any atom is -0.480 e. The van der Waals surface area contributed by atoms with E-state index in [4.69, 9.17) is 9.84 Å². The summed E-state index contributed by atoms with van der Waals surface area (Å²) in [7, 11) is 0. The summed E-state index contributed by atoms with van der Waals surface area (Å²) < 4.78 is 5.57. The van der Waals surface area contributed by atoms with E-state index >= 15 is 0 Å². The Hall–Kier alpha value is -2.57. The molecule has 0 radical (unpaired) electrons. The molecular formula is C17H20N2O5. The molecule has 128 valence electrons. The van der Waals surface area contributed by atoms with Crippen molar-refractivity contribution in [2.24, 2.45) is 0 Å². The second-order valence-electron chi connectivity index (χ2n) is 6.11. The molecule has 2 aliphatic rings. The van der Waals surface area contributed by atoms with Gasteiger partial charge < -0.3 is 19.6 Å². The van der Waals surface area contributed by atoms with E-state index in [0.29, 0.717) is 11.4 Å². The number of carboxylic acid groups (broad SMARTS) is 1. The molecular weight excluding hydrogens is 312 g/mol. The van der Waals surface area contributed by atoms with Gasteiger partial charge in [-0.1, -0.05) is 12.1 Å². The number of benzene rings is 1. The first kappa shape index (κ1) is 16.3. The van der Waals surface area contributed by atoms with Gasteiger partial charge in [0.1, 0.15) is 12.3 Å². The molecule has 1 aromatic carbocycles. The number of carbonyl (C=O) groups is 3. The molecule has 1 N–H and O–H groups in total. The first-order chi connectivity index (χ1) is 11.5. The maximum atomic E-state index is 12.4. The highest BCUT2D eigenvalue weighted by Gasteiger charge is 2.35. The third-order valence-corrected chi connectivity index (χ3v) is 4.24. The van der Waals surface area contributed by atoms with Crippen LogP contribution in [0.15, 0.2) is 24.3 Å². The molecule has 1 aromatic rings. The quantitative estimate of drug-likeness (QED) is 0.847. The predicted molar refractivity (Wildman–Crippen MR) is 85.9 cm³/mol. The second-order valence-corrected chi connectivity index (χ2v) is 6.11. The lowest BCUT2D eigenvalue weighted by Gasteiger charge is -2.33. The van der Waals surface area contributed by atoms with E-state index in [2.05, 4.69) is 0 Å². The normalized spacial score (nSPS) is 19.5. The maximum Gasteiger partial charge on any atom is 0.323 e. The topological polar surface area (TPSA) is 87.2 Å². The van der Waals surface area contributed by atoms with E-state index in [1.807, 2.05) is 6.07 Å². The summed E-state index contributed by atoms with van der Waals surface area (Å²) in [5, 5.41) is 8.96. The van der Waals surface area contributed by atoms with Gasteiger partial charge >= 0.3 is 5.97 Å². The molecule has 0 saturated heterocycles. The van der Waals surface area contributed by atoms with Gasteiger partial charge in [-0.25, -0.2) is 0 Å². The smallest absolute Gasteiger partial charge is 0.323 e. The molecule has 1 unspecified atom stereocenters. The lowest BCUT2D eigenvalue weighted by atomic mass is 10.1.